The number of rotatable bonds is 4. The average Bonchev–Trinajstić information content (AvgIpc) is 3.18. The summed E-state index contributed by atoms with van der Waals surface area (Å²) in [4.78, 5) is 8.75. The van der Waals surface area contributed by atoms with E-state index < -0.39 is 0 Å². The molecule has 1 N–H and O–H groups in total. The Morgan fingerprint density at radius 2 is 1.88 bits per heavy atom. The number of piperidine rings is 1. The largest absolute Gasteiger partial charge is 0.492 e. The molecule has 0 aliphatic carbocycles. The number of fused-ring (bicyclic) bond motifs is 1. The molecule has 1 fully saturated rings. The van der Waals surface area contributed by atoms with Gasteiger partial charge in [0.2, 0.25) is 10.8 Å². The highest BCUT2D eigenvalue weighted by Gasteiger charge is 2.30. The number of thiazole rings is 1. The predicted molar refractivity (Wildman–Crippen MR) is 100 cm³/mol. The van der Waals surface area contributed by atoms with Crippen molar-refractivity contribution in [2.45, 2.75) is 45.6 Å². The molecule has 1 atom stereocenters. The van der Waals surface area contributed by atoms with Crippen LogP contribution in [0.1, 0.15) is 54.1 Å². The van der Waals surface area contributed by atoms with Crippen molar-refractivity contribution in [2.75, 3.05) is 13.1 Å². The van der Waals surface area contributed by atoms with Crippen molar-refractivity contribution >= 4 is 16.3 Å². The molecule has 1 aliphatic heterocycles. The van der Waals surface area contributed by atoms with E-state index in [-0.39, 0.29) is 11.9 Å². The topological polar surface area (TPSA) is 53.7 Å². The van der Waals surface area contributed by atoms with Crippen LogP contribution in [0.15, 0.2) is 24.3 Å². The number of nitrogens with zero attached hydrogens (tertiary/aromatic N) is 4. The number of hydrogen-bond acceptors (Lipinski definition) is 5. The Hall–Kier alpha value is -1.92. The highest BCUT2D eigenvalue weighted by Crippen LogP contribution is 2.40. The zero-order chi connectivity index (χ0) is 17.4. The fourth-order valence-electron chi connectivity index (χ4n) is 3.57. The molecule has 4 rings (SSSR count). The van der Waals surface area contributed by atoms with Gasteiger partial charge in [0.1, 0.15) is 0 Å². The highest BCUT2D eigenvalue weighted by molar-refractivity contribution is 7.17. The average molecular weight is 356 g/mol. The normalized spacial score (nSPS) is 17.2. The van der Waals surface area contributed by atoms with Gasteiger partial charge in [0.15, 0.2) is 5.82 Å². The first-order chi connectivity index (χ1) is 12.2. The van der Waals surface area contributed by atoms with Gasteiger partial charge in [-0.25, -0.2) is 4.98 Å². The monoisotopic (exact) mass is 356 g/mol. The van der Waals surface area contributed by atoms with Gasteiger partial charge < -0.3 is 5.11 Å². The molecule has 0 amide bonds. The summed E-state index contributed by atoms with van der Waals surface area (Å²) >= 11 is 1.56. The number of aromatic nitrogens is 3. The second-order valence-electron chi connectivity index (χ2n) is 6.78. The minimum Gasteiger partial charge on any atom is -0.492 e. The van der Waals surface area contributed by atoms with Gasteiger partial charge >= 0.3 is 0 Å². The van der Waals surface area contributed by atoms with Crippen molar-refractivity contribution in [1.82, 2.24) is 19.5 Å². The van der Waals surface area contributed by atoms with Gasteiger partial charge in [-0.05, 0) is 38.4 Å². The molecule has 25 heavy (non-hydrogen) atoms. The Balaban J connectivity index is 1.80. The lowest BCUT2D eigenvalue weighted by Gasteiger charge is -2.34. The molecule has 5 nitrogen and oxygen atoms in total. The summed E-state index contributed by atoms with van der Waals surface area (Å²) in [5.74, 6) is 1.02. The summed E-state index contributed by atoms with van der Waals surface area (Å²) in [6.07, 6.45) is 4.49. The van der Waals surface area contributed by atoms with E-state index in [9.17, 15) is 5.11 Å². The van der Waals surface area contributed by atoms with Crippen LogP contribution in [0.5, 0.6) is 5.88 Å². The first-order valence-electron chi connectivity index (χ1n) is 9.05. The molecule has 0 spiro atoms. The van der Waals surface area contributed by atoms with E-state index in [0.717, 1.165) is 35.2 Å². The van der Waals surface area contributed by atoms with Crippen molar-refractivity contribution in [3.63, 3.8) is 0 Å². The summed E-state index contributed by atoms with van der Waals surface area (Å²) in [5, 5.41) is 15.3. The highest BCUT2D eigenvalue weighted by atomic mass is 32.1. The van der Waals surface area contributed by atoms with Crippen LogP contribution >= 0.6 is 11.3 Å². The van der Waals surface area contributed by atoms with Gasteiger partial charge in [0.25, 0.3) is 0 Å². The van der Waals surface area contributed by atoms with Crippen LogP contribution in [-0.4, -0.2) is 37.7 Å². The SMILES string of the molecule is CCc1nc2sc([C@H](c3ccc(C)cc3)N3CCCCC3)c(O)n2n1. The quantitative estimate of drug-likeness (QED) is 0.769. The van der Waals surface area contributed by atoms with Gasteiger partial charge in [-0.3, -0.25) is 4.90 Å². The second kappa shape index (κ2) is 6.77. The van der Waals surface area contributed by atoms with Crippen LogP contribution < -0.4 is 0 Å². The number of aromatic hydroxyl groups is 1. The lowest BCUT2D eigenvalue weighted by Crippen LogP contribution is -2.34. The van der Waals surface area contributed by atoms with Crippen LogP contribution in [0, 0.1) is 6.92 Å². The van der Waals surface area contributed by atoms with Crippen LogP contribution in [0.25, 0.3) is 4.96 Å². The third-order valence-electron chi connectivity index (χ3n) is 4.96. The van der Waals surface area contributed by atoms with E-state index in [1.165, 1.54) is 30.4 Å². The molecule has 0 unspecified atom stereocenters. The first-order valence-corrected chi connectivity index (χ1v) is 9.87. The van der Waals surface area contributed by atoms with Crippen molar-refractivity contribution in [3.05, 3.63) is 46.1 Å². The zero-order valence-corrected chi connectivity index (χ0v) is 15.6. The molecule has 0 radical (unpaired) electrons. The molecule has 3 heterocycles. The number of benzene rings is 1. The third-order valence-corrected chi connectivity index (χ3v) is 6.03. The summed E-state index contributed by atoms with van der Waals surface area (Å²) in [6, 6.07) is 8.73. The second-order valence-corrected chi connectivity index (χ2v) is 7.78. The molecular formula is C19H24N4OS. The number of hydrogen-bond donors (Lipinski definition) is 1. The van der Waals surface area contributed by atoms with E-state index in [4.69, 9.17) is 0 Å². The minimum atomic E-state index is 0.0690. The van der Waals surface area contributed by atoms with Crippen LogP contribution in [0.3, 0.4) is 0 Å². The van der Waals surface area contributed by atoms with E-state index >= 15 is 0 Å². The molecule has 1 aromatic carbocycles. The maximum Gasteiger partial charge on any atom is 0.230 e. The van der Waals surface area contributed by atoms with E-state index in [1.807, 2.05) is 6.92 Å². The maximum absolute atomic E-state index is 10.9. The molecule has 1 saturated heterocycles. The van der Waals surface area contributed by atoms with Crippen LogP contribution in [0.2, 0.25) is 0 Å². The van der Waals surface area contributed by atoms with E-state index in [0.29, 0.717) is 0 Å². The zero-order valence-electron chi connectivity index (χ0n) is 14.8. The Labute approximate surface area is 151 Å². The molecule has 2 aromatic heterocycles. The van der Waals surface area contributed by atoms with Crippen molar-refractivity contribution in [2.24, 2.45) is 0 Å². The fourth-order valence-corrected chi connectivity index (χ4v) is 4.71. The van der Waals surface area contributed by atoms with Crippen molar-refractivity contribution in [1.29, 1.82) is 0 Å². The van der Waals surface area contributed by atoms with Crippen LogP contribution in [-0.2, 0) is 6.42 Å². The Morgan fingerprint density at radius 3 is 2.52 bits per heavy atom. The van der Waals surface area contributed by atoms with Crippen LogP contribution in [0.4, 0.5) is 0 Å². The van der Waals surface area contributed by atoms with Gasteiger partial charge in [0.05, 0.1) is 10.9 Å². The summed E-state index contributed by atoms with van der Waals surface area (Å²) in [6.45, 7) is 6.25. The molecule has 0 bridgehead atoms. The molecular weight excluding hydrogens is 332 g/mol. The first kappa shape index (κ1) is 16.5. The Bertz CT molecular complexity index is 862. The van der Waals surface area contributed by atoms with Gasteiger partial charge in [-0.2, -0.15) is 4.52 Å². The van der Waals surface area contributed by atoms with E-state index in [1.54, 1.807) is 15.9 Å². The number of aryl methyl sites for hydroxylation is 2. The minimum absolute atomic E-state index is 0.0690. The molecule has 6 heteroatoms. The third kappa shape index (κ3) is 3.04. The molecule has 1 aliphatic rings. The van der Waals surface area contributed by atoms with Crippen molar-refractivity contribution < 1.29 is 5.11 Å². The van der Waals surface area contributed by atoms with Gasteiger partial charge in [0, 0.05) is 6.42 Å². The number of likely N-dealkylation sites (tertiary alicyclic amines) is 1. The van der Waals surface area contributed by atoms with Gasteiger partial charge in [-0.15, -0.1) is 5.10 Å². The smallest absolute Gasteiger partial charge is 0.230 e. The lowest BCUT2D eigenvalue weighted by molar-refractivity contribution is 0.186. The van der Waals surface area contributed by atoms with Gasteiger partial charge in [-0.1, -0.05) is 54.5 Å². The van der Waals surface area contributed by atoms with Crippen molar-refractivity contribution in [3.8, 4) is 5.88 Å². The Morgan fingerprint density at radius 1 is 1.16 bits per heavy atom. The predicted octanol–water partition coefficient (Wildman–Crippen LogP) is 3.94. The Kier molecular flexibility index (Phi) is 4.48. The molecule has 132 valence electrons. The fraction of sp³-hybridized carbons (Fsp3) is 0.474. The summed E-state index contributed by atoms with van der Waals surface area (Å²) in [7, 11) is 0. The molecule has 3 aromatic rings. The standard InChI is InChI=1S/C19H24N4OS/c1-3-15-20-19-23(21-15)18(24)17(25-19)16(22-11-5-4-6-12-22)14-9-7-13(2)8-10-14/h7-10,16,24H,3-6,11-12H2,1-2H3/t16-/m0/s1. The summed E-state index contributed by atoms with van der Waals surface area (Å²) in [5.41, 5.74) is 2.48. The lowest BCUT2D eigenvalue weighted by atomic mass is 9.99. The summed E-state index contributed by atoms with van der Waals surface area (Å²) < 4.78 is 1.60. The van der Waals surface area contributed by atoms with E-state index in [2.05, 4.69) is 46.2 Å². The molecule has 0 saturated carbocycles. The maximum atomic E-state index is 10.9.